The first-order valence-electron chi connectivity index (χ1n) is 6.93. The predicted molar refractivity (Wildman–Crippen MR) is 78.1 cm³/mol. The van der Waals surface area contributed by atoms with Gasteiger partial charge in [-0.15, -0.1) is 0 Å². The van der Waals surface area contributed by atoms with Crippen molar-refractivity contribution >= 4 is 11.6 Å². The smallest absolute Gasteiger partial charge is 0.274 e. The van der Waals surface area contributed by atoms with Gasteiger partial charge in [0.05, 0.1) is 11.4 Å². The SMILES string of the molecule is CCn1nc(C)c(N)c1C(=O)N(CC(C)C)C(C)C. The molecule has 0 bridgehead atoms. The Kier molecular flexibility index (Phi) is 4.97. The molecule has 0 unspecified atom stereocenters. The van der Waals surface area contributed by atoms with Gasteiger partial charge in [-0.3, -0.25) is 9.48 Å². The summed E-state index contributed by atoms with van der Waals surface area (Å²) in [5.41, 5.74) is 7.76. The number of aryl methyl sites for hydroxylation is 2. The van der Waals surface area contributed by atoms with E-state index >= 15 is 0 Å². The highest BCUT2D eigenvalue weighted by Gasteiger charge is 2.26. The van der Waals surface area contributed by atoms with Crippen LogP contribution in [0.5, 0.6) is 0 Å². The van der Waals surface area contributed by atoms with Crippen LogP contribution in [0, 0.1) is 12.8 Å². The maximum atomic E-state index is 12.7. The largest absolute Gasteiger partial charge is 0.395 e. The van der Waals surface area contributed by atoms with Crippen LogP contribution in [0.1, 0.15) is 50.8 Å². The highest BCUT2D eigenvalue weighted by molar-refractivity contribution is 5.98. The van der Waals surface area contributed by atoms with Crippen molar-refractivity contribution < 1.29 is 4.79 Å². The maximum absolute atomic E-state index is 12.7. The first-order valence-corrected chi connectivity index (χ1v) is 6.93. The topological polar surface area (TPSA) is 64.2 Å². The molecule has 2 N–H and O–H groups in total. The zero-order valence-electron chi connectivity index (χ0n) is 12.9. The van der Waals surface area contributed by atoms with Crippen LogP contribution < -0.4 is 5.73 Å². The van der Waals surface area contributed by atoms with Crippen LogP contribution >= 0.6 is 0 Å². The molecule has 0 saturated heterocycles. The number of aromatic nitrogens is 2. The molecule has 0 saturated carbocycles. The first kappa shape index (κ1) is 15.5. The number of carbonyl (C=O) groups excluding carboxylic acids is 1. The molecule has 1 heterocycles. The summed E-state index contributed by atoms with van der Waals surface area (Å²) < 4.78 is 1.70. The van der Waals surface area contributed by atoms with Crippen molar-refractivity contribution in [2.45, 2.75) is 54.1 Å². The second kappa shape index (κ2) is 6.08. The van der Waals surface area contributed by atoms with Crippen molar-refractivity contribution in [3.8, 4) is 0 Å². The molecule has 1 aromatic heterocycles. The molecular formula is C14H26N4O. The summed E-state index contributed by atoms with van der Waals surface area (Å²) in [5, 5.41) is 4.31. The van der Waals surface area contributed by atoms with Gasteiger partial charge in [0.25, 0.3) is 5.91 Å². The molecule has 5 heteroatoms. The fourth-order valence-corrected chi connectivity index (χ4v) is 2.11. The van der Waals surface area contributed by atoms with E-state index in [4.69, 9.17) is 5.73 Å². The van der Waals surface area contributed by atoms with E-state index in [0.717, 1.165) is 12.2 Å². The lowest BCUT2D eigenvalue weighted by Crippen LogP contribution is -2.40. The van der Waals surface area contributed by atoms with E-state index in [1.807, 2.05) is 32.6 Å². The normalized spacial score (nSPS) is 11.4. The number of rotatable bonds is 5. The van der Waals surface area contributed by atoms with Crippen LogP contribution in [0.3, 0.4) is 0 Å². The number of amides is 1. The lowest BCUT2D eigenvalue weighted by molar-refractivity contribution is 0.0670. The second-order valence-corrected chi connectivity index (χ2v) is 5.61. The van der Waals surface area contributed by atoms with Gasteiger partial charge in [-0.25, -0.2) is 0 Å². The molecule has 1 amide bonds. The summed E-state index contributed by atoms with van der Waals surface area (Å²) in [7, 11) is 0. The molecule has 108 valence electrons. The van der Waals surface area contributed by atoms with Crippen molar-refractivity contribution in [2.75, 3.05) is 12.3 Å². The zero-order valence-corrected chi connectivity index (χ0v) is 12.9. The Morgan fingerprint density at radius 1 is 1.37 bits per heavy atom. The van der Waals surface area contributed by atoms with Crippen molar-refractivity contribution in [1.82, 2.24) is 14.7 Å². The summed E-state index contributed by atoms with van der Waals surface area (Å²) in [5.74, 6) is 0.398. The summed E-state index contributed by atoms with van der Waals surface area (Å²) in [4.78, 5) is 14.6. The van der Waals surface area contributed by atoms with E-state index in [2.05, 4.69) is 18.9 Å². The van der Waals surface area contributed by atoms with Gasteiger partial charge in [0.2, 0.25) is 0 Å². The number of nitrogens with zero attached hydrogens (tertiary/aromatic N) is 3. The van der Waals surface area contributed by atoms with Crippen LogP contribution in [-0.4, -0.2) is 33.2 Å². The molecular weight excluding hydrogens is 240 g/mol. The molecule has 5 nitrogen and oxygen atoms in total. The van der Waals surface area contributed by atoms with Gasteiger partial charge in [0, 0.05) is 19.1 Å². The molecule has 0 spiro atoms. The number of carbonyl (C=O) groups is 1. The van der Waals surface area contributed by atoms with Crippen LogP contribution in [0.4, 0.5) is 5.69 Å². The number of anilines is 1. The van der Waals surface area contributed by atoms with E-state index in [9.17, 15) is 4.79 Å². The van der Waals surface area contributed by atoms with Gasteiger partial charge in [-0.1, -0.05) is 13.8 Å². The van der Waals surface area contributed by atoms with Crippen LogP contribution in [0.25, 0.3) is 0 Å². The molecule has 1 rings (SSSR count). The van der Waals surface area contributed by atoms with E-state index in [0.29, 0.717) is 23.8 Å². The maximum Gasteiger partial charge on any atom is 0.274 e. The minimum atomic E-state index is -0.0244. The fourth-order valence-electron chi connectivity index (χ4n) is 2.11. The van der Waals surface area contributed by atoms with Gasteiger partial charge in [0.15, 0.2) is 0 Å². The standard InChI is InChI=1S/C14H26N4O/c1-7-18-13(12(15)11(6)16-18)14(19)17(10(4)5)8-9(2)3/h9-10H,7-8,15H2,1-6H3. The van der Waals surface area contributed by atoms with Gasteiger partial charge in [-0.2, -0.15) is 5.10 Å². The third kappa shape index (κ3) is 3.28. The van der Waals surface area contributed by atoms with Crippen LogP contribution in [-0.2, 0) is 6.54 Å². The Morgan fingerprint density at radius 3 is 2.37 bits per heavy atom. The Morgan fingerprint density at radius 2 is 1.95 bits per heavy atom. The lowest BCUT2D eigenvalue weighted by Gasteiger charge is -2.28. The molecule has 0 aliphatic heterocycles. The Labute approximate surface area is 115 Å². The molecule has 0 aromatic carbocycles. The zero-order chi connectivity index (χ0) is 14.7. The molecule has 0 radical (unpaired) electrons. The first-order chi connectivity index (χ1) is 8.79. The number of nitrogen functional groups attached to an aromatic ring is 1. The van der Waals surface area contributed by atoms with E-state index in [1.54, 1.807) is 4.68 Å². The second-order valence-electron chi connectivity index (χ2n) is 5.61. The van der Waals surface area contributed by atoms with Crippen LogP contribution in [0.2, 0.25) is 0 Å². The lowest BCUT2D eigenvalue weighted by atomic mass is 10.1. The quantitative estimate of drug-likeness (QED) is 0.889. The van der Waals surface area contributed by atoms with Crippen molar-refractivity contribution in [3.05, 3.63) is 11.4 Å². The van der Waals surface area contributed by atoms with Crippen molar-refractivity contribution in [3.63, 3.8) is 0 Å². The Bertz CT molecular complexity index is 449. The van der Waals surface area contributed by atoms with Gasteiger partial charge in [0.1, 0.15) is 5.69 Å². The molecule has 0 aliphatic rings. The van der Waals surface area contributed by atoms with Crippen molar-refractivity contribution in [2.24, 2.45) is 5.92 Å². The molecule has 0 atom stereocenters. The van der Waals surface area contributed by atoms with E-state index in [-0.39, 0.29) is 11.9 Å². The van der Waals surface area contributed by atoms with E-state index in [1.165, 1.54) is 0 Å². The Hall–Kier alpha value is -1.52. The molecule has 19 heavy (non-hydrogen) atoms. The van der Waals surface area contributed by atoms with Crippen molar-refractivity contribution in [1.29, 1.82) is 0 Å². The third-order valence-corrected chi connectivity index (χ3v) is 3.12. The van der Waals surface area contributed by atoms with Crippen LogP contribution in [0.15, 0.2) is 0 Å². The average molecular weight is 266 g/mol. The van der Waals surface area contributed by atoms with Gasteiger partial charge >= 0.3 is 0 Å². The summed E-state index contributed by atoms with van der Waals surface area (Å²) in [6, 6.07) is 0.148. The van der Waals surface area contributed by atoms with Gasteiger partial charge in [-0.05, 0) is 33.6 Å². The summed E-state index contributed by atoms with van der Waals surface area (Å²) in [6.45, 7) is 13.4. The Balaban J connectivity index is 3.16. The highest BCUT2D eigenvalue weighted by atomic mass is 16.2. The summed E-state index contributed by atoms with van der Waals surface area (Å²) >= 11 is 0. The summed E-state index contributed by atoms with van der Waals surface area (Å²) in [6.07, 6.45) is 0. The fraction of sp³-hybridized carbons (Fsp3) is 0.714. The van der Waals surface area contributed by atoms with Gasteiger partial charge < -0.3 is 10.6 Å². The minimum absolute atomic E-state index is 0.0244. The minimum Gasteiger partial charge on any atom is -0.395 e. The third-order valence-electron chi connectivity index (χ3n) is 3.12. The molecule has 0 fully saturated rings. The number of hydrogen-bond donors (Lipinski definition) is 1. The average Bonchev–Trinajstić information content (AvgIpc) is 2.61. The highest BCUT2D eigenvalue weighted by Crippen LogP contribution is 2.20. The number of hydrogen-bond acceptors (Lipinski definition) is 3. The predicted octanol–water partition coefficient (Wildman–Crippen LogP) is 2.30. The van der Waals surface area contributed by atoms with E-state index < -0.39 is 0 Å². The molecule has 1 aromatic rings. The molecule has 0 aliphatic carbocycles. The monoisotopic (exact) mass is 266 g/mol. The number of nitrogens with two attached hydrogens (primary N) is 1.